The van der Waals surface area contributed by atoms with Crippen LogP contribution in [0.1, 0.15) is 330 Å². The molecule has 1 saturated heterocycles. The summed E-state index contributed by atoms with van der Waals surface area (Å²) in [5.74, 6) is -3.38. The van der Waals surface area contributed by atoms with Crippen molar-refractivity contribution >= 4 is 31.6 Å². The predicted molar refractivity (Wildman–Crippen MR) is 351 cm³/mol. The first-order valence-electron chi connectivity index (χ1n) is 36.1. The molecular formula is C69H133N2O16P. The van der Waals surface area contributed by atoms with E-state index in [9.17, 15) is 43.7 Å². The van der Waals surface area contributed by atoms with E-state index < -0.39 is 99.8 Å². The Morgan fingerprint density at radius 3 is 1.16 bits per heavy atom. The van der Waals surface area contributed by atoms with Crippen molar-refractivity contribution in [2.45, 2.75) is 385 Å². The van der Waals surface area contributed by atoms with Gasteiger partial charge in [0.2, 0.25) is 11.8 Å². The molecule has 0 spiro atoms. The van der Waals surface area contributed by atoms with Crippen molar-refractivity contribution in [3.05, 3.63) is 0 Å². The number of aliphatic hydroxyl groups is 1. The van der Waals surface area contributed by atoms with Gasteiger partial charge in [0.25, 0.3) is 0 Å². The van der Waals surface area contributed by atoms with Crippen LogP contribution in [0, 0.1) is 0 Å². The van der Waals surface area contributed by atoms with Crippen LogP contribution in [0.2, 0.25) is 0 Å². The molecule has 0 aromatic rings. The van der Waals surface area contributed by atoms with E-state index in [1.807, 2.05) is 0 Å². The average molecular weight is 1280 g/mol. The van der Waals surface area contributed by atoms with Gasteiger partial charge in [0.1, 0.15) is 18.2 Å². The number of carbonyl (C=O) groups excluding carboxylic acids is 3. The van der Waals surface area contributed by atoms with E-state index in [1.165, 1.54) is 96.3 Å². The van der Waals surface area contributed by atoms with Gasteiger partial charge >= 0.3 is 19.8 Å². The number of aliphatic carboxylic acids is 1. The first-order chi connectivity index (χ1) is 42.7. The third kappa shape index (κ3) is 45.9. The molecule has 0 bridgehead atoms. The number of hydrogen-bond donors (Lipinski definition) is 6. The number of phosphoric acid groups is 1. The van der Waals surface area contributed by atoms with Crippen molar-refractivity contribution in [1.82, 2.24) is 10.6 Å². The molecule has 0 aromatic heterocycles. The summed E-state index contributed by atoms with van der Waals surface area (Å²) in [5, 5.41) is 26.9. The van der Waals surface area contributed by atoms with Crippen molar-refractivity contribution in [1.29, 1.82) is 0 Å². The summed E-state index contributed by atoms with van der Waals surface area (Å²) in [6, 6.07) is -3.22. The molecular weight excluding hydrogens is 1140 g/mol. The van der Waals surface area contributed by atoms with Crippen LogP contribution in [-0.2, 0) is 56.7 Å². The molecule has 1 fully saturated rings. The van der Waals surface area contributed by atoms with Gasteiger partial charge in [-0.3, -0.25) is 18.9 Å². The zero-order chi connectivity index (χ0) is 64.7. The van der Waals surface area contributed by atoms with Gasteiger partial charge in [0.15, 0.2) is 18.4 Å². The number of aliphatic hydroxyl groups excluding tert-OH is 1. The van der Waals surface area contributed by atoms with Crippen molar-refractivity contribution in [3.8, 4) is 0 Å². The van der Waals surface area contributed by atoms with Gasteiger partial charge in [-0.05, 0) is 38.5 Å². The van der Waals surface area contributed by atoms with Crippen molar-refractivity contribution in [2.75, 3.05) is 33.0 Å². The Kier molecular flexibility index (Phi) is 54.7. The van der Waals surface area contributed by atoms with Gasteiger partial charge in [0, 0.05) is 19.8 Å². The summed E-state index contributed by atoms with van der Waals surface area (Å²) in [5.41, 5.74) is 0. The fourth-order valence-electron chi connectivity index (χ4n) is 11.6. The highest BCUT2D eigenvalue weighted by atomic mass is 31.2. The van der Waals surface area contributed by atoms with Gasteiger partial charge in [-0.15, -0.1) is 0 Å². The van der Waals surface area contributed by atoms with Crippen molar-refractivity contribution < 1.29 is 76.7 Å². The van der Waals surface area contributed by atoms with Crippen LogP contribution in [0.5, 0.6) is 0 Å². The van der Waals surface area contributed by atoms with Crippen molar-refractivity contribution in [3.63, 3.8) is 0 Å². The van der Waals surface area contributed by atoms with Gasteiger partial charge in [-0.1, -0.05) is 273 Å². The largest absolute Gasteiger partial charge is 0.480 e. The predicted octanol–water partition coefficient (Wildman–Crippen LogP) is 16.0. The zero-order valence-electron chi connectivity index (χ0n) is 56.7. The first kappa shape index (κ1) is 83.8. The topological polar surface area (TPSA) is 255 Å². The maximum Gasteiger partial charge on any atom is 0.470 e. The van der Waals surface area contributed by atoms with Gasteiger partial charge in [0.05, 0.1) is 50.8 Å². The highest BCUT2D eigenvalue weighted by Gasteiger charge is 2.52. The number of carbonyl (C=O) groups is 4. The minimum absolute atomic E-state index is 0.0807. The standard InChI is InChI=1S/C69H133N2O16P/c1-7-13-19-25-28-31-34-37-40-46-57(81-49-43-22-16-10-4)52-62(73)70-60(68(76)77)56-84-69-65(71-63(74)53-58(82-50-44-23-17-11-5)47-41-38-35-32-29-26-20-14-8-2)67(66(61(55-72)85-69)87-88(78,79)80)86-64(75)54-59(83-51-45-24-18-12-6)48-42-39-36-33-30-27-21-15-9-3/h57-61,65-67,69,72H,7-56H2,1-6H3,(H,70,73)(H,71,74)(H,76,77)(H2,78,79,80)/t57-,58-,59-,60+,61?,65?,66-,67?,69-/m1/s1. The molecule has 18 nitrogen and oxygen atoms in total. The second kappa shape index (κ2) is 57.4. The molecule has 0 saturated carbocycles. The van der Waals surface area contributed by atoms with Gasteiger partial charge in [-0.2, -0.15) is 0 Å². The quantitative estimate of drug-likeness (QED) is 0.0188. The fourth-order valence-corrected chi connectivity index (χ4v) is 12.1. The SMILES string of the molecule is CCCCCCCCCCC[C@H](CC(=O)NC1C(OC(=O)C[C@@H](CCCCCCCCCCC)OCCCCCC)[C@H](OP(=O)(O)O)C(CO)O[C@H]1OC[C@H](NC(=O)C[C@@H](CCCCCCCCCCC)OCCCCCC)C(=O)O)OCCCCCC. The fraction of sp³-hybridized carbons (Fsp3) is 0.942. The summed E-state index contributed by atoms with van der Waals surface area (Å²) in [7, 11) is -5.42. The number of unbranched alkanes of at least 4 members (excludes halogenated alkanes) is 33. The molecule has 1 aliphatic rings. The van der Waals surface area contributed by atoms with Crippen LogP contribution in [-0.4, -0.2) is 132 Å². The number of hydrogen-bond acceptors (Lipinski definition) is 13. The molecule has 1 rings (SSSR count). The van der Waals surface area contributed by atoms with E-state index in [4.69, 9.17) is 32.9 Å². The smallest absolute Gasteiger partial charge is 0.470 e. The van der Waals surface area contributed by atoms with E-state index in [-0.39, 0.29) is 19.3 Å². The van der Waals surface area contributed by atoms with E-state index in [0.717, 1.165) is 154 Å². The Bertz CT molecular complexity index is 1710. The highest BCUT2D eigenvalue weighted by molar-refractivity contribution is 7.46. The van der Waals surface area contributed by atoms with Crippen LogP contribution in [0.15, 0.2) is 0 Å². The molecule has 1 aliphatic heterocycles. The Labute approximate surface area is 535 Å². The maximum atomic E-state index is 14.6. The van der Waals surface area contributed by atoms with Gasteiger partial charge in [-0.25, -0.2) is 9.36 Å². The monoisotopic (exact) mass is 1280 g/mol. The first-order valence-corrected chi connectivity index (χ1v) is 37.7. The average Bonchev–Trinajstić information content (AvgIpc) is 3.19. The number of amides is 2. The second-order valence-electron chi connectivity index (χ2n) is 25.2. The summed E-state index contributed by atoms with van der Waals surface area (Å²) >= 11 is 0. The lowest BCUT2D eigenvalue weighted by molar-refractivity contribution is -0.272. The third-order valence-corrected chi connectivity index (χ3v) is 17.4. The molecule has 9 atom stereocenters. The van der Waals surface area contributed by atoms with Crippen LogP contribution in [0.3, 0.4) is 0 Å². The molecule has 0 aromatic carbocycles. The number of esters is 1. The lowest BCUT2D eigenvalue weighted by atomic mass is 9.95. The third-order valence-electron chi connectivity index (χ3n) is 16.9. The number of nitrogens with one attached hydrogen (secondary N) is 2. The number of carboxylic acids is 1. The lowest BCUT2D eigenvalue weighted by Gasteiger charge is -2.45. The highest BCUT2D eigenvalue weighted by Crippen LogP contribution is 2.42. The van der Waals surface area contributed by atoms with E-state index in [1.54, 1.807) is 0 Å². The number of phosphoric ester groups is 1. The Balaban J connectivity index is 3.66. The normalized spacial score (nSPS) is 18.4. The zero-order valence-corrected chi connectivity index (χ0v) is 57.6. The summed E-state index contributed by atoms with van der Waals surface area (Å²) in [4.78, 5) is 76.6. The summed E-state index contributed by atoms with van der Waals surface area (Å²) in [6.07, 6.45) is 35.0. The van der Waals surface area contributed by atoms with Crippen LogP contribution in [0.4, 0.5) is 0 Å². The maximum absolute atomic E-state index is 14.6. The van der Waals surface area contributed by atoms with Crippen molar-refractivity contribution in [2.24, 2.45) is 0 Å². The van der Waals surface area contributed by atoms with Crippen LogP contribution >= 0.6 is 7.82 Å². The lowest BCUT2D eigenvalue weighted by Crippen LogP contribution is -2.66. The molecule has 2 amide bonds. The minimum Gasteiger partial charge on any atom is -0.480 e. The van der Waals surface area contributed by atoms with Crippen LogP contribution in [0.25, 0.3) is 0 Å². The number of ether oxygens (including phenoxy) is 6. The van der Waals surface area contributed by atoms with Crippen LogP contribution < -0.4 is 10.6 Å². The summed E-state index contributed by atoms with van der Waals surface area (Å²) < 4.78 is 55.8. The van der Waals surface area contributed by atoms with E-state index >= 15 is 0 Å². The molecule has 0 aliphatic carbocycles. The number of rotatable bonds is 64. The number of carboxylic acid groups (broad SMARTS) is 1. The Hall–Kier alpha value is -2.25. The Morgan fingerprint density at radius 1 is 0.466 bits per heavy atom. The van der Waals surface area contributed by atoms with E-state index in [2.05, 4.69) is 52.2 Å². The van der Waals surface area contributed by atoms with Gasteiger partial charge < -0.3 is 59.1 Å². The molecule has 19 heteroatoms. The molecule has 1 heterocycles. The van der Waals surface area contributed by atoms with E-state index in [0.29, 0.717) is 39.1 Å². The molecule has 6 N–H and O–H groups in total. The molecule has 3 unspecified atom stereocenters. The Morgan fingerprint density at radius 2 is 0.807 bits per heavy atom. The molecule has 520 valence electrons. The molecule has 0 radical (unpaired) electrons. The summed E-state index contributed by atoms with van der Waals surface area (Å²) in [6.45, 7) is 12.7. The minimum atomic E-state index is -5.42. The molecule has 88 heavy (non-hydrogen) atoms. The second-order valence-corrected chi connectivity index (χ2v) is 26.4.